The van der Waals surface area contributed by atoms with Crippen molar-refractivity contribution in [3.05, 3.63) is 65.5 Å². The Morgan fingerprint density at radius 1 is 1.19 bits per heavy atom. The third kappa shape index (κ3) is 4.01. The van der Waals surface area contributed by atoms with Gasteiger partial charge in [0.25, 0.3) is 5.91 Å². The van der Waals surface area contributed by atoms with E-state index in [1.54, 1.807) is 42.7 Å². The van der Waals surface area contributed by atoms with Crippen LogP contribution in [0.2, 0.25) is 0 Å². The molecule has 2 N–H and O–H groups in total. The minimum Gasteiger partial charge on any atom is -0.478 e. The first-order chi connectivity index (χ1) is 10.1. The van der Waals surface area contributed by atoms with Crippen molar-refractivity contribution in [2.75, 3.05) is 5.32 Å². The van der Waals surface area contributed by atoms with Gasteiger partial charge >= 0.3 is 5.97 Å². The molecule has 1 aromatic heterocycles. The molecular formula is C16H14N2O3. The van der Waals surface area contributed by atoms with E-state index in [2.05, 4.69) is 10.3 Å². The van der Waals surface area contributed by atoms with Gasteiger partial charge in [-0.15, -0.1) is 0 Å². The molecule has 0 radical (unpaired) electrons. The van der Waals surface area contributed by atoms with Crippen molar-refractivity contribution in [3.63, 3.8) is 0 Å². The summed E-state index contributed by atoms with van der Waals surface area (Å²) in [5, 5.41) is 11.4. The lowest BCUT2D eigenvalue weighted by Crippen LogP contribution is -2.12. The van der Waals surface area contributed by atoms with Crippen molar-refractivity contribution in [1.82, 2.24) is 4.98 Å². The number of rotatable bonds is 4. The molecule has 21 heavy (non-hydrogen) atoms. The van der Waals surface area contributed by atoms with Gasteiger partial charge in [0.15, 0.2) is 0 Å². The Labute approximate surface area is 122 Å². The molecule has 0 aliphatic rings. The molecular weight excluding hydrogens is 268 g/mol. The summed E-state index contributed by atoms with van der Waals surface area (Å²) < 4.78 is 0. The molecule has 0 aliphatic heterocycles. The highest BCUT2D eigenvalue weighted by molar-refractivity contribution is 6.04. The zero-order valence-electron chi connectivity index (χ0n) is 11.4. The van der Waals surface area contributed by atoms with Gasteiger partial charge < -0.3 is 10.4 Å². The summed E-state index contributed by atoms with van der Waals surface area (Å²) >= 11 is 0. The first-order valence-corrected chi connectivity index (χ1v) is 6.29. The third-order valence-electron chi connectivity index (χ3n) is 2.88. The van der Waals surface area contributed by atoms with Crippen LogP contribution in [-0.2, 0) is 4.79 Å². The predicted octanol–water partition coefficient (Wildman–Crippen LogP) is 2.74. The monoisotopic (exact) mass is 282 g/mol. The molecule has 1 amide bonds. The van der Waals surface area contributed by atoms with Gasteiger partial charge in [-0.2, -0.15) is 0 Å². The highest BCUT2D eigenvalue weighted by Gasteiger charge is 2.07. The van der Waals surface area contributed by atoms with Crippen molar-refractivity contribution in [3.8, 4) is 0 Å². The van der Waals surface area contributed by atoms with E-state index in [9.17, 15) is 9.59 Å². The first kappa shape index (κ1) is 14.5. The minimum atomic E-state index is -1.01. The third-order valence-corrected chi connectivity index (χ3v) is 2.88. The lowest BCUT2D eigenvalue weighted by atomic mass is 10.0. The summed E-state index contributed by atoms with van der Waals surface area (Å²) in [5.41, 5.74) is 2.77. The maximum atomic E-state index is 12.1. The molecule has 2 rings (SSSR count). The van der Waals surface area contributed by atoms with Gasteiger partial charge in [0, 0.05) is 29.7 Å². The number of nitrogens with one attached hydrogen (secondary N) is 1. The molecule has 0 atom stereocenters. The van der Waals surface area contributed by atoms with Gasteiger partial charge in [-0.05, 0) is 48.4 Å². The van der Waals surface area contributed by atoms with Crippen LogP contribution in [0.1, 0.15) is 21.5 Å². The predicted molar refractivity (Wildman–Crippen MR) is 80.0 cm³/mol. The fourth-order valence-corrected chi connectivity index (χ4v) is 1.80. The number of amides is 1. The number of hydrogen-bond acceptors (Lipinski definition) is 3. The summed E-state index contributed by atoms with van der Waals surface area (Å²) in [6.45, 7) is 1.82. The maximum Gasteiger partial charge on any atom is 0.328 e. The van der Waals surface area contributed by atoms with Crippen LogP contribution in [0.4, 0.5) is 5.69 Å². The summed E-state index contributed by atoms with van der Waals surface area (Å²) in [7, 11) is 0. The van der Waals surface area contributed by atoms with Crippen LogP contribution in [0.5, 0.6) is 0 Å². The Morgan fingerprint density at radius 2 is 1.90 bits per heavy atom. The number of benzene rings is 1. The smallest absolute Gasteiger partial charge is 0.328 e. The molecule has 2 aromatic rings. The molecule has 0 bridgehead atoms. The van der Waals surface area contributed by atoms with Crippen molar-refractivity contribution in [2.45, 2.75) is 6.92 Å². The summed E-state index contributed by atoms with van der Waals surface area (Å²) in [6.07, 6.45) is 5.77. The topological polar surface area (TPSA) is 79.3 Å². The van der Waals surface area contributed by atoms with Crippen LogP contribution < -0.4 is 5.32 Å². The average Bonchev–Trinajstić information content (AvgIpc) is 2.46. The lowest BCUT2D eigenvalue weighted by molar-refractivity contribution is -0.131. The van der Waals surface area contributed by atoms with E-state index in [1.807, 2.05) is 6.92 Å². The molecule has 0 saturated heterocycles. The molecule has 0 fully saturated rings. The SMILES string of the molecule is Cc1cc(C(=O)Nc2ccncc2)ccc1/C=C/C(=O)O. The van der Waals surface area contributed by atoms with E-state index in [1.165, 1.54) is 6.08 Å². The fraction of sp³-hybridized carbons (Fsp3) is 0.0625. The molecule has 0 aliphatic carbocycles. The van der Waals surface area contributed by atoms with E-state index < -0.39 is 5.97 Å². The van der Waals surface area contributed by atoms with Crippen molar-refractivity contribution in [2.24, 2.45) is 0 Å². The van der Waals surface area contributed by atoms with Crippen molar-refractivity contribution in [1.29, 1.82) is 0 Å². The Kier molecular flexibility index (Phi) is 4.46. The van der Waals surface area contributed by atoms with E-state index in [0.717, 1.165) is 17.2 Å². The number of anilines is 1. The largest absolute Gasteiger partial charge is 0.478 e. The molecule has 1 heterocycles. The summed E-state index contributed by atoms with van der Waals surface area (Å²) in [5.74, 6) is -1.23. The Bertz CT molecular complexity index is 694. The molecule has 0 spiro atoms. The number of carbonyl (C=O) groups excluding carboxylic acids is 1. The van der Waals surface area contributed by atoms with Crippen molar-refractivity contribution >= 4 is 23.6 Å². The summed E-state index contributed by atoms with van der Waals surface area (Å²) in [4.78, 5) is 26.5. The Morgan fingerprint density at radius 3 is 2.52 bits per heavy atom. The van der Waals surface area contributed by atoms with Gasteiger partial charge in [-0.25, -0.2) is 4.79 Å². The van der Waals surface area contributed by atoms with Gasteiger partial charge in [0.2, 0.25) is 0 Å². The zero-order chi connectivity index (χ0) is 15.2. The Balaban J connectivity index is 2.16. The highest BCUT2D eigenvalue weighted by Crippen LogP contribution is 2.14. The summed E-state index contributed by atoms with van der Waals surface area (Å²) in [6, 6.07) is 8.50. The molecule has 0 unspecified atom stereocenters. The number of aliphatic carboxylic acids is 1. The van der Waals surface area contributed by atoms with Crippen LogP contribution in [0.25, 0.3) is 6.08 Å². The first-order valence-electron chi connectivity index (χ1n) is 6.29. The number of carbonyl (C=O) groups is 2. The van der Waals surface area contributed by atoms with Crippen LogP contribution in [0.15, 0.2) is 48.8 Å². The van der Waals surface area contributed by atoms with Gasteiger partial charge in [0.05, 0.1) is 0 Å². The number of carboxylic acids is 1. The van der Waals surface area contributed by atoms with Crippen LogP contribution in [-0.4, -0.2) is 22.0 Å². The second-order valence-corrected chi connectivity index (χ2v) is 4.43. The Hall–Kier alpha value is -2.95. The van der Waals surface area contributed by atoms with Crippen LogP contribution in [0.3, 0.4) is 0 Å². The maximum absolute atomic E-state index is 12.1. The normalized spacial score (nSPS) is 10.5. The van der Waals surface area contributed by atoms with Gasteiger partial charge in [0.1, 0.15) is 0 Å². The second kappa shape index (κ2) is 6.47. The van der Waals surface area contributed by atoms with Crippen LogP contribution >= 0.6 is 0 Å². The zero-order valence-corrected chi connectivity index (χ0v) is 11.4. The lowest BCUT2D eigenvalue weighted by Gasteiger charge is -2.07. The fourth-order valence-electron chi connectivity index (χ4n) is 1.80. The van der Waals surface area contributed by atoms with Crippen molar-refractivity contribution < 1.29 is 14.7 Å². The molecule has 5 nitrogen and oxygen atoms in total. The number of nitrogens with zero attached hydrogens (tertiary/aromatic N) is 1. The molecule has 1 aromatic carbocycles. The van der Waals surface area contributed by atoms with E-state index in [0.29, 0.717) is 11.3 Å². The quantitative estimate of drug-likeness (QED) is 0.845. The average molecular weight is 282 g/mol. The number of aryl methyl sites for hydroxylation is 1. The number of aromatic nitrogens is 1. The van der Waals surface area contributed by atoms with E-state index >= 15 is 0 Å². The molecule has 106 valence electrons. The number of carboxylic acid groups (broad SMARTS) is 1. The van der Waals surface area contributed by atoms with Crippen LogP contribution in [0, 0.1) is 6.92 Å². The molecule has 0 saturated carbocycles. The standard InChI is InChI=1S/C16H14N2O3/c1-11-10-13(3-2-12(11)4-5-15(19)20)16(21)18-14-6-8-17-9-7-14/h2-10H,1H3,(H,19,20)(H,17,18,21)/b5-4+. The second-order valence-electron chi connectivity index (χ2n) is 4.43. The minimum absolute atomic E-state index is 0.224. The molecule has 5 heteroatoms. The number of hydrogen-bond donors (Lipinski definition) is 2. The highest BCUT2D eigenvalue weighted by atomic mass is 16.4. The van der Waals surface area contributed by atoms with E-state index in [-0.39, 0.29) is 5.91 Å². The van der Waals surface area contributed by atoms with Gasteiger partial charge in [-0.3, -0.25) is 9.78 Å². The number of pyridine rings is 1. The van der Waals surface area contributed by atoms with Gasteiger partial charge in [-0.1, -0.05) is 6.07 Å². The van der Waals surface area contributed by atoms with E-state index in [4.69, 9.17) is 5.11 Å².